The van der Waals surface area contributed by atoms with Crippen LogP contribution in [0.5, 0.6) is 0 Å². The number of pyridine rings is 1. The van der Waals surface area contributed by atoms with Crippen molar-refractivity contribution in [3.63, 3.8) is 0 Å². The topological polar surface area (TPSA) is 85.5 Å². The number of hydrogen-bond donors (Lipinski definition) is 1. The smallest absolute Gasteiger partial charge is 0.340 e. The Kier molecular flexibility index (Phi) is 3.81. The molecule has 0 atom stereocenters. The second kappa shape index (κ2) is 5.34. The second-order valence-electron chi connectivity index (χ2n) is 3.96. The van der Waals surface area contributed by atoms with Crippen molar-refractivity contribution >= 4 is 28.3 Å². The Morgan fingerprint density at radius 2 is 2.17 bits per heavy atom. The zero-order valence-electron chi connectivity index (χ0n) is 10.1. The first-order valence-electron chi connectivity index (χ1n) is 5.55. The highest BCUT2D eigenvalue weighted by Crippen LogP contribution is 2.20. The number of nitrogen functional groups attached to an aromatic ring is 1. The van der Waals surface area contributed by atoms with Gasteiger partial charge in [0.1, 0.15) is 5.82 Å². The van der Waals surface area contributed by atoms with Crippen molar-refractivity contribution in [3.8, 4) is 0 Å². The summed E-state index contributed by atoms with van der Waals surface area (Å²) >= 11 is 0. The molecule has 2 N–H and O–H groups in total. The molecule has 1 aromatic rings. The van der Waals surface area contributed by atoms with Crippen LogP contribution in [0.4, 0.5) is 11.5 Å². The van der Waals surface area contributed by atoms with Crippen LogP contribution in [0.1, 0.15) is 10.4 Å². The Labute approximate surface area is 108 Å². The number of nitrogens with two attached hydrogens (primary N) is 1. The highest BCUT2D eigenvalue weighted by Gasteiger charge is 2.19. The number of nitrogens with zero attached hydrogens (tertiary/aromatic N) is 2. The van der Waals surface area contributed by atoms with Crippen LogP contribution >= 0.6 is 0 Å². The molecule has 1 aliphatic rings. The largest absolute Gasteiger partial charge is 0.465 e. The lowest BCUT2D eigenvalue weighted by atomic mass is 10.2. The first-order chi connectivity index (χ1) is 8.61. The van der Waals surface area contributed by atoms with E-state index in [2.05, 4.69) is 9.72 Å². The monoisotopic (exact) mass is 269 g/mol. The molecule has 0 unspecified atom stereocenters. The maximum atomic E-state index is 11.5. The first kappa shape index (κ1) is 12.8. The molecule has 0 saturated carbocycles. The van der Waals surface area contributed by atoms with Gasteiger partial charge in [-0.2, -0.15) is 0 Å². The number of esters is 1. The van der Waals surface area contributed by atoms with Crippen LogP contribution in [-0.2, 0) is 15.5 Å². The van der Waals surface area contributed by atoms with Gasteiger partial charge in [-0.25, -0.2) is 9.78 Å². The van der Waals surface area contributed by atoms with E-state index < -0.39 is 16.8 Å². The van der Waals surface area contributed by atoms with E-state index in [-0.39, 0.29) is 0 Å². The number of hydrogen-bond acceptors (Lipinski definition) is 6. The van der Waals surface area contributed by atoms with E-state index in [1.807, 2.05) is 4.90 Å². The predicted molar refractivity (Wildman–Crippen MR) is 70.1 cm³/mol. The lowest BCUT2D eigenvalue weighted by Gasteiger charge is -2.27. The first-order valence-corrected chi connectivity index (χ1v) is 7.04. The minimum Gasteiger partial charge on any atom is -0.465 e. The van der Waals surface area contributed by atoms with E-state index in [4.69, 9.17) is 5.73 Å². The summed E-state index contributed by atoms with van der Waals surface area (Å²) < 4.78 is 15.9. The van der Waals surface area contributed by atoms with Crippen molar-refractivity contribution < 1.29 is 13.7 Å². The fraction of sp³-hybridized carbons (Fsp3) is 0.455. The van der Waals surface area contributed by atoms with Gasteiger partial charge in [0.05, 0.1) is 24.6 Å². The van der Waals surface area contributed by atoms with Gasteiger partial charge >= 0.3 is 5.97 Å². The van der Waals surface area contributed by atoms with Crippen molar-refractivity contribution in [2.75, 3.05) is 42.3 Å². The van der Waals surface area contributed by atoms with Gasteiger partial charge in [0, 0.05) is 35.4 Å². The zero-order valence-corrected chi connectivity index (χ0v) is 10.9. The van der Waals surface area contributed by atoms with Crippen LogP contribution in [-0.4, -0.2) is 46.9 Å². The van der Waals surface area contributed by atoms with E-state index in [1.54, 1.807) is 6.07 Å². The molecule has 0 amide bonds. The van der Waals surface area contributed by atoms with E-state index in [0.29, 0.717) is 41.7 Å². The van der Waals surface area contributed by atoms with Gasteiger partial charge in [-0.1, -0.05) is 0 Å². The Balaban J connectivity index is 2.24. The molecule has 2 heterocycles. The lowest BCUT2D eigenvalue weighted by Crippen LogP contribution is -2.38. The third-order valence-electron chi connectivity index (χ3n) is 2.83. The number of ether oxygens (including phenoxy) is 1. The molecule has 1 aliphatic heterocycles. The van der Waals surface area contributed by atoms with Crippen molar-refractivity contribution in [3.05, 3.63) is 17.8 Å². The van der Waals surface area contributed by atoms with E-state index in [0.717, 1.165) is 0 Å². The van der Waals surface area contributed by atoms with Crippen molar-refractivity contribution in [1.82, 2.24) is 4.98 Å². The Morgan fingerprint density at radius 1 is 1.50 bits per heavy atom. The Hall–Kier alpha value is -1.63. The molecule has 6 nitrogen and oxygen atoms in total. The highest BCUT2D eigenvalue weighted by atomic mass is 32.2. The molecule has 0 aromatic carbocycles. The molecular weight excluding hydrogens is 254 g/mol. The lowest BCUT2D eigenvalue weighted by molar-refractivity contribution is 0.0602. The fourth-order valence-corrected chi connectivity index (χ4v) is 2.83. The van der Waals surface area contributed by atoms with Gasteiger partial charge in [0.25, 0.3) is 0 Å². The summed E-state index contributed by atoms with van der Waals surface area (Å²) in [6.45, 7) is 1.34. The number of methoxy groups -OCH3 is 1. The molecular formula is C11H15N3O3S. The van der Waals surface area contributed by atoms with Gasteiger partial charge in [0.15, 0.2) is 0 Å². The third-order valence-corrected chi connectivity index (χ3v) is 4.10. The molecule has 0 radical (unpaired) electrons. The number of rotatable bonds is 2. The summed E-state index contributed by atoms with van der Waals surface area (Å²) in [6, 6.07) is 1.62. The molecule has 1 aromatic heterocycles. The fourth-order valence-electron chi connectivity index (χ4n) is 1.78. The third kappa shape index (κ3) is 2.61. The summed E-state index contributed by atoms with van der Waals surface area (Å²) in [5.74, 6) is 1.44. The predicted octanol–water partition coefficient (Wildman–Crippen LogP) is 0.0191. The number of aromatic nitrogens is 1. The maximum absolute atomic E-state index is 11.5. The molecule has 98 valence electrons. The van der Waals surface area contributed by atoms with Crippen LogP contribution in [0.25, 0.3) is 0 Å². The van der Waals surface area contributed by atoms with Gasteiger partial charge in [-0.05, 0) is 6.07 Å². The molecule has 0 spiro atoms. The van der Waals surface area contributed by atoms with Crippen LogP contribution < -0.4 is 10.6 Å². The minimum absolute atomic E-state index is 0.297. The summed E-state index contributed by atoms with van der Waals surface area (Å²) in [5, 5.41) is 0. The average molecular weight is 269 g/mol. The minimum atomic E-state index is -0.741. The van der Waals surface area contributed by atoms with E-state index in [1.165, 1.54) is 13.3 Å². The van der Waals surface area contributed by atoms with E-state index >= 15 is 0 Å². The number of anilines is 2. The van der Waals surface area contributed by atoms with Crippen molar-refractivity contribution in [1.29, 1.82) is 0 Å². The van der Waals surface area contributed by atoms with Gasteiger partial charge in [0.2, 0.25) is 0 Å². The number of carbonyl (C=O) groups excluding carboxylic acids is 1. The summed E-state index contributed by atoms with van der Waals surface area (Å²) in [7, 11) is 0.571. The quantitative estimate of drug-likeness (QED) is 0.762. The summed E-state index contributed by atoms with van der Waals surface area (Å²) in [6.07, 6.45) is 1.45. The Bertz CT molecular complexity index is 482. The van der Waals surface area contributed by atoms with Crippen molar-refractivity contribution in [2.24, 2.45) is 0 Å². The van der Waals surface area contributed by atoms with Gasteiger partial charge in [-0.15, -0.1) is 0 Å². The molecule has 7 heteroatoms. The van der Waals surface area contributed by atoms with Gasteiger partial charge < -0.3 is 15.4 Å². The zero-order chi connectivity index (χ0) is 13.1. The van der Waals surface area contributed by atoms with Crippen LogP contribution in [0.2, 0.25) is 0 Å². The van der Waals surface area contributed by atoms with E-state index in [9.17, 15) is 9.00 Å². The van der Waals surface area contributed by atoms with Crippen LogP contribution in [0, 0.1) is 0 Å². The molecule has 0 bridgehead atoms. The molecule has 1 fully saturated rings. The van der Waals surface area contributed by atoms with Gasteiger partial charge in [-0.3, -0.25) is 4.21 Å². The summed E-state index contributed by atoms with van der Waals surface area (Å²) in [4.78, 5) is 17.7. The highest BCUT2D eigenvalue weighted by molar-refractivity contribution is 7.85. The van der Waals surface area contributed by atoms with Crippen LogP contribution in [0.3, 0.4) is 0 Å². The molecule has 18 heavy (non-hydrogen) atoms. The summed E-state index contributed by atoms with van der Waals surface area (Å²) in [5.41, 5.74) is 6.30. The SMILES string of the molecule is COC(=O)c1cc(N2CCS(=O)CC2)ncc1N. The normalized spacial score (nSPS) is 16.6. The molecule has 2 rings (SSSR count). The maximum Gasteiger partial charge on any atom is 0.340 e. The second-order valence-corrected chi connectivity index (χ2v) is 5.65. The Morgan fingerprint density at radius 3 is 2.78 bits per heavy atom. The van der Waals surface area contributed by atoms with Crippen molar-refractivity contribution in [2.45, 2.75) is 0 Å². The molecule has 0 aliphatic carbocycles. The van der Waals surface area contributed by atoms with Crippen LogP contribution in [0.15, 0.2) is 12.3 Å². The number of carbonyl (C=O) groups is 1. The molecule has 1 saturated heterocycles. The average Bonchev–Trinajstić information content (AvgIpc) is 2.39. The standard InChI is InChI=1S/C11H15N3O3S/c1-17-11(15)8-6-10(13-7-9(8)12)14-2-4-18(16)5-3-14/h6-7H,2-5,12H2,1H3.